The molecule has 1 aliphatic carbocycles. The first kappa shape index (κ1) is 38.1. The van der Waals surface area contributed by atoms with E-state index in [2.05, 4.69) is 242 Å². The number of fused-ring (bicyclic) bond motifs is 9. The number of hydrogen-bond acceptors (Lipinski definition) is 2. The molecular weight excluding hydrogens is 801 g/mol. The van der Waals surface area contributed by atoms with E-state index in [9.17, 15) is 0 Å². The van der Waals surface area contributed by atoms with Gasteiger partial charge in [0.05, 0.1) is 11.0 Å². The zero-order valence-electron chi connectivity index (χ0n) is 36.7. The van der Waals surface area contributed by atoms with Crippen molar-refractivity contribution in [1.29, 1.82) is 0 Å². The molecule has 312 valence electrons. The maximum Gasteiger partial charge on any atom is 0.136 e. The Morgan fingerprint density at radius 3 is 1.67 bits per heavy atom. The van der Waals surface area contributed by atoms with Crippen LogP contribution in [0.25, 0.3) is 93.9 Å². The van der Waals surface area contributed by atoms with Gasteiger partial charge in [0.15, 0.2) is 0 Å². The molecule has 0 radical (unpaired) electrons. The van der Waals surface area contributed by atoms with Crippen LogP contribution in [0.1, 0.15) is 25.0 Å². The number of rotatable bonds is 7. The Hall–Kier alpha value is -8.40. The molecule has 66 heavy (non-hydrogen) atoms. The predicted molar refractivity (Wildman–Crippen MR) is 277 cm³/mol. The predicted octanol–water partition coefficient (Wildman–Crippen LogP) is 17.5. The van der Waals surface area contributed by atoms with Gasteiger partial charge < -0.3 is 13.9 Å². The molecule has 1 aliphatic rings. The average Bonchev–Trinajstić information content (AvgIpc) is 3.99. The highest BCUT2D eigenvalue weighted by molar-refractivity contribution is 6.11. The SMILES string of the molecule is CC1(C)c2cc(-c3ccccc3)ccc2-c2ccc(N(c3cccc(-c4ccccc4)c3)c3ccc4c(c3)c3ccccc3n4-c3ccc(-c4ccc5c(c4)oc4ccccc45)cc3)cc21. The lowest BCUT2D eigenvalue weighted by atomic mass is 9.81. The molecule has 0 unspecified atom stereocenters. The zero-order valence-corrected chi connectivity index (χ0v) is 36.7. The van der Waals surface area contributed by atoms with Crippen LogP contribution in [0.2, 0.25) is 0 Å². The van der Waals surface area contributed by atoms with Crippen LogP contribution in [0.15, 0.2) is 235 Å². The van der Waals surface area contributed by atoms with Crippen molar-refractivity contribution >= 4 is 60.8 Å². The summed E-state index contributed by atoms with van der Waals surface area (Å²) in [7, 11) is 0. The van der Waals surface area contributed by atoms with Crippen molar-refractivity contribution in [1.82, 2.24) is 4.57 Å². The van der Waals surface area contributed by atoms with E-state index < -0.39 is 0 Å². The van der Waals surface area contributed by atoms with Gasteiger partial charge in [-0.15, -0.1) is 0 Å². The second kappa shape index (κ2) is 14.8. The van der Waals surface area contributed by atoms with Crippen molar-refractivity contribution in [2.24, 2.45) is 0 Å². The van der Waals surface area contributed by atoms with Gasteiger partial charge >= 0.3 is 0 Å². The van der Waals surface area contributed by atoms with Crippen molar-refractivity contribution < 1.29 is 4.42 Å². The van der Waals surface area contributed by atoms with Gasteiger partial charge in [0.1, 0.15) is 11.2 Å². The molecule has 3 heteroatoms. The summed E-state index contributed by atoms with van der Waals surface area (Å²) in [5.41, 5.74) is 20.9. The van der Waals surface area contributed by atoms with Crippen LogP contribution in [0.3, 0.4) is 0 Å². The summed E-state index contributed by atoms with van der Waals surface area (Å²) in [4.78, 5) is 2.44. The normalized spacial score (nSPS) is 12.8. The third-order valence-corrected chi connectivity index (χ3v) is 14.0. The molecule has 10 aromatic carbocycles. The van der Waals surface area contributed by atoms with Gasteiger partial charge in [0, 0.05) is 49.7 Å². The van der Waals surface area contributed by atoms with E-state index in [0.717, 1.165) is 61.3 Å². The second-order valence-electron chi connectivity index (χ2n) is 18.1. The van der Waals surface area contributed by atoms with Crippen molar-refractivity contribution in [2.75, 3.05) is 4.90 Å². The Bertz CT molecular complexity index is 3840. The molecule has 0 N–H and O–H groups in total. The van der Waals surface area contributed by atoms with E-state index in [1.165, 1.54) is 60.8 Å². The number of hydrogen-bond donors (Lipinski definition) is 0. The third kappa shape index (κ3) is 6.04. The molecule has 3 nitrogen and oxygen atoms in total. The van der Waals surface area contributed by atoms with E-state index in [-0.39, 0.29) is 5.41 Å². The van der Waals surface area contributed by atoms with Crippen LogP contribution >= 0.6 is 0 Å². The van der Waals surface area contributed by atoms with Crippen molar-refractivity contribution in [3.8, 4) is 50.2 Å². The van der Waals surface area contributed by atoms with E-state index in [1.807, 2.05) is 12.1 Å². The highest BCUT2D eigenvalue weighted by atomic mass is 16.3. The highest BCUT2D eigenvalue weighted by Crippen LogP contribution is 2.52. The van der Waals surface area contributed by atoms with Crippen LogP contribution in [-0.2, 0) is 5.41 Å². The Kier molecular flexibility index (Phi) is 8.56. The fourth-order valence-corrected chi connectivity index (χ4v) is 10.7. The summed E-state index contributed by atoms with van der Waals surface area (Å²) in [6.07, 6.45) is 0. The van der Waals surface area contributed by atoms with Crippen LogP contribution < -0.4 is 4.90 Å². The van der Waals surface area contributed by atoms with E-state index in [0.29, 0.717) is 0 Å². The fourth-order valence-electron chi connectivity index (χ4n) is 10.7. The molecule has 13 rings (SSSR count). The van der Waals surface area contributed by atoms with E-state index >= 15 is 0 Å². The molecule has 0 aliphatic heterocycles. The Morgan fingerprint density at radius 1 is 0.348 bits per heavy atom. The van der Waals surface area contributed by atoms with Crippen LogP contribution in [-0.4, -0.2) is 4.57 Å². The standard InChI is InChI=1S/C63H44N2O/c1-63(2)57-37-45(42-16-7-4-8-17-42)26-32-51(57)52-34-30-50(40-58(52)63)64(48-19-13-18-44(36-48)41-14-5-3-6-15-41)49-31-35-60-56(39-49)53-20-9-11-22-59(53)65(60)47-28-24-43(25-29-47)46-27-33-55-54-21-10-12-23-61(54)66-62(55)38-46/h3-40H,1-2H3. The summed E-state index contributed by atoms with van der Waals surface area (Å²) in [6, 6.07) is 84.0. The Labute approximate surface area is 384 Å². The number of nitrogens with zero attached hydrogens (tertiary/aromatic N) is 2. The molecule has 0 amide bonds. The topological polar surface area (TPSA) is 21.3 Å². The maximum atomic E-state index is 6.25. The van der Waals surface area contributed by atoms with Crippen molar-refractivity contribution in [2.45, 2.75) is 19.3 Å². The van der Waals surface area contributed by atoms with E-state index in [4.69, 9.17) is 4.42 Å². The number of benzene rings is 10. The molecule has 0 saturated heterocycles. The Morgan fingerprint density at radius 2 is 0.879 bits per heavy atom. The average molecular weight is 845 g/mol. The Balaban J connectivity index is 0.930. The molecule has 0 atom stereocenters. The molecule has 12 aromatic rings. The molecule has 0 spiro atoms. The molecule has 0 fully saturated rings. The highest BCUT2D eigenvalue weighted by Gasteiger charge is 2.36. The van der Waals surface area contributed by atoms with Crippen molar-refractivity contribution in [3.63, 3.8) is 0 Å². The van der Waals surface area contributed by atoms with E-state index in [1.54, 1.807) is 0 Å². The third-order valence-electron chi connectivity index (χ3n) is 14.0. The molecule has 2 aromatic heterocycles. The van der Waals surface area contributed by atoms with Gasteiger partial charge in [0.2, 0.25) is 0 Å². The molecule has 2 heterocycles. The lowest BCUT2D eigenvalue weighted by Crippen LogP contribution is -2.16. The van der Waals surface area contributed by atoms with Crippen LogP contribution in [0, 0.1) is 0 Å². The maximum absolute atomic E-state index is 6.25. The van der Waals surface area contributed by atoms with Crippen LogP contribution in [0.4, 0.5) is 17.1 Å². The monoisotopic (exact) mass is 844 g/mol. The van der Waals surface area contributed by atoms with Gasteiger partial charge in [-0.1, -0.05) is 159 Å². The molecule has 0 saturated carbocycles. The number of para-hydroxylation sites is 2. The van der Waals surface area contributed by atoms with Gasteiger partial charge in [-0.25, -0.2) is 0 Å². The minimum atomic E-state index is -0.198. The molecular formula is C63H44N2O. The number of anilines is 3. The fraction of sp³-hybridized carbons (Fsp3) is 0.0476. The summed E-state index contributed by atoms with van der Waals surface area (Å²) >= 11 is 0. The minimum Gasteiger partial charge on any atom is -0.456 e. The van der Waals surface area contributed by atoms with Crippen LogP contribution in [0.5, 0.6) is 0 Å². The van der Waals surface area contributed by atoms with Gasteiger partial charge in [0.25, 0.3) is 0 Å². The number of furan rings is 1. The lowest BCUT2D eigenvalue weighted by Gasteiger charge is -2.28. The second-order valence-corrected chi connectivity index (χ2v) is 18.1. The quantitative estimate of drug-likeness (QED) is 0.159. The largest absolute Gasteiger partial charge is 0.456 e. The van der Waals surface area contributed by atoms with Gasteiger partial charge in [-0.3, -0.25) is 0 Å². The first-order valence-corrected chi connectivity index (χ1v) is 22.8. The summed E-state index contributed by atoms with van der Waals surface area (Å²) < 4.78 is 8.66. The zero-order chi connectivity index (χ0) is 43.9. The van der Waals surface area contributed by atoms with Gasteiger partial charge in [-0.05, 0) is 141 Å². The molecule has 0 bridgehead atoms. The number of aromatic nitrogens is 1. The lowest BCUT2D eigenvalue weighted by molar-refractivity contribution is 0.660. The first-order valence-electron chi connectivity index (χ1n) is 22.8. The summed E-state index contributed by atoms with van der Waals surface area (Å²) in [6.45, 7) is 4.76. The van der Waals surface area contributed by atoms with Gasteiger partial charge in [-0.2, -0.15) is 0 Å². The summed E-state index contributed by atoms with van der Waals surface area (Å²) in [5.74, 6) is 0. The minimum absolute atomic E-state index is 0.198. The first-order chi connectivity index (χ1) is 32.5. The van der Waals surface area contributed by atoms with Crippen molar-refractivity contribution in [3.05, 3.63) is 242 Å². The summed E-state index contributed by atoms with van der Waals surface area (Å²) in [5, 5.41) is 4.70. The smallest absolute Gasteiger partial charge is 0.136 e.